The first-order valence-electron chi connectivity index (χ1n) is 8.62. The third kappa shape index (κ3) is 4.34. The van der Waals surface area contributed by atoms with Gasteiger partial charge in [0.05, 0.1) is 4.90 Å². The van der Waals surface area contributed by atoms with Crippen molar-refractivity contribution in [3.05, 3.63) is 29.3 Å². The number of piperazine rings is 1. The fourth-order valence-electron chi connectivity index (χ4n) is 3.45. The quantitative estimate of drug-likeness (QED) is 0.821. The van der Waals surface area contributed by atoms with Crippen LogP contribution in [0.15, 0.2) is 23.1 Å². The molecule has 25 heavy (non-hydrogen) atoms. The van der Waals surface area contributed by atoms with Gasteiger partial charge in [-0.05, 0) is 55.5 Å². The van der Waals surface area contributed by atoms with Crippen LogP contribution in [0.2, 0.25) is 0 Å². The van der Waals surface area contributed by atoms with Gasteiger partial charge in [0.25, 0.3) is 0 Å². The molecule has 1 saturated heterocycles. The maximum atomic E-state index is 12.8. The van der Waals surface area contributed by atoms with Gasteiger partial charge in [-0.25, -0.2) is 8.42 Å². The van der Waals surface area contributed by atoms with Crippen LogP contribution in [0.5, 0.6) is 0 Å². The van der Waals surface area contributed by atoms with Crippen LogP contribution in [0.3, 0.4) is 0 Å². The van der Waals surface area contributed by atoms with Crippen LogP contribution in [0, 0.1) is 0 Å². The van der Waals surface area contributed by atoms with E-state index in [1.165, 1.54) is 9.87 Å². The molecule has 1 fully saturated rings. The summed E-state index contributed by atoms with van der Waals surface area (Å²) in [5, 5.41) is 0. The molecular formula is C17H26ClN3O3S. The Morgan fingerprint density at radius 2 is 1.76 bits per heavy atom. The maximum Gasteiger partial charge on any atom is 0.243 e. The number of rotatable bonds is 5. The highest BCUT2D eigenvalue weighted by Gasteiger charge is 2.30. The molecule has 1 aliphatic heterocycles. The van der Waals surface area contributed by atoms with E-state index in [0.29, 0.717) is 50.5 Å². The molecule has 2 N–H and O–H groups in total. The van der Waals surface area contributed by atoms with Crippen LogP contribution in [0.25, 0.3) is 0 Å². The minimum Gasteiger partial charge on any atom is -0.340 e. The van der Waals surface area contributed by atoms with Gasteiger partial charge in [-0.1, -0.05) is 6.07 Å². The lowest BCUT2D eigenvalue weighted by atomic mass is 10.1. The molecule has 0 atom stereocenters. The molecular weight excluding hydrogens is 362 g/mol. The van der Waals surface area contributed by atoms with Crippen LogP contribution in [-0.2, 0) is 27.7 Å². The molecule has 1 heterocycles. The molecule has 0 bridgehead atoms. The molecule has 2 aliphatic rings. The number of fused-ring (bicyclic) bond motifs is 1. The minimum atomic E-state index is -3.47. The van der Waals surface area contributed by atoms with Gasteiger partial charge in [-0.15, -0.1) is 12.4 Å². The SMILES string of the molecule is Cl.NCCCC(=O)N1CCN(S(=O)(=O)c2ccc3c(c2)CCC3)CC1. The molecule has 0 saturated carbocycles. The van der Waals surface area contributed by atoms with Crippen molar-refractivity contribution >= 4 is 28.3 Å². The standard InChI is InChI=1S/C17H25N3O3S.ClH/c18-8-2-5-17(21)19-9-11-20(12-10-19)24(22,23)16-7-6-14-3-1-4-15(14)13-16;/h6-7,13H,1-5,8-12,18H2;1H. The third-order valence-corrected chi connectivity index (χ3v) is 6.79. The summed E-state index contributed by atoms with van der Waals surface area (Å²) in [7, 11) is -3.47. The number of hydrogen-bond acceptors (Lipinski definition) is 4. The number of carbonyl (C=O) groups excluding carboxylic acids is 1. The predicted molar refractivity (Wildman–Crippen MR) is 99.3 cm³/mol. The topological polar surface area (TPSA) is 83.7 Å². The summed E-state index contributed by atoms with van der Waals surface area (Å²) in [6, 6.07) is 5.50. The van der Waals surface area contributed by atoms with E-state index in [9.17, 15) is 13.2 Å². The first kappa shape index (κ1) is 20.2. The smallest absolute Gasteiger partial charge is 0.243 e. The highest BCUT2D eigenvalue weighted by atomic mass is 35.5. The Morgan fingerprint density at radius 3 is 2.44 bits per heavy atom. The zero-order valence-corrected chi connectivity index (χ0v) is 15.9. The molecule has 1 aromatic rings. The van der Waals surface area contributed by atoms with E-state index in [0.717, 1.165) is 24.8 Å². The van der Waals surface area contributed by atoms with Crippen molar-refractivity contribution in [2.24, 2.45) is 5.73 Å². The molecule has 140 valence electrons. The van der Waals surface area contributed by atoms with Gasteiger partial charge >= 0.3 is 0 Å². The molecule has 6 nitrogen and oxygen atoms in total. The average molecular weight is 388 g/mol. The van der Waals surface area contributed by atoms with E-state index >= 15 is 0 Å². The summed E-state index contributed by atoms with van der Waals surface area (Å²) >= 11 is 0. The summed E-state index contributed by atoms with van der Waals surface area (Å²) < 4.78 is 27.2. The zero-order valence-electron chi connectivity index (χ0n) is 14.3. The lowest BCUT2D eigenvalue weighted by Crippen LogP contribution is -2.50. The Balaban J connectivity index is 0.00000225. The van der Waals surface area contributed by atoms with Crippen molar-refractivity contribution in [2.45, 2.75) is 37.0 Å². The molecule has 0 radical (unpaired) electrons. The van der Waals surface area contributed by atoms with E-state index in [2.05, 4.69) is 0 Å². The molecule has 0 unspecified atom stereocenters. The van der Waals surface area contributed by atoms with Crippen molar-refractivity contribution in [1.29, 1.82) is 0 Å². The molecule has 8 heteroatoms. The number of sulfonamides is 1. The van der Waals surface area contributed by atoms with Crippen molar-refractivity contribution in [3.8, 4) is 0 Å². The van der Waals surface area contributed by atoms with Crippen molar-refractivity contribution in [1.82, 2.24) is 9.21 Å². The monoisotopic (exact) mass is 387 g/mol. The predicted octanol–water partition coefficient (Wildman–Crippen LogP) is 1.17. The van der Waals surface area contributed by atoms with Gasteiger partial charge in [-0.2, -0.15) is 4.31 Å². The van der Waals surface area contributed by atoms with Crippen LogP contribution >= 0.6 is 12.4 Å². The van der Waals surface area contributed by atoms with Crippen LogP contribution in [-0.4, -0.2) is 56.3 Å². The maximum absolute atomic E-state index is 12.8. The van der Waals surface area contributed by atoms with Gasteiger partial charge in [0, 0.05) is 32.6 Å². The van der Waals surface area contributed by atoms with Gasteiger partial charge in [0.15, 0.2) is 0 Å². The second kappa shape index (κ2) is 8.49. The Morgan fingerprint density at radius 1 is 1.08 bits per heavy atom. The molecule has 0 spiro atoms. The molecule has 1 aromatic carbocycles. The van der Waals surface area contributed by atoms with Gasteiger partial charge in [0.1, 0.15) is 0 Å². The number of nitrogens with zero attached hydrogens (tertiary/aromatic N) is 2. The Labute approximate surface area is 155 Å². The van der Waals surface area contributed by atoms with E-state index in [1.807, 2.05) is 12.1 Å². The van der Waals surface area contributed by atoms with Crippen LogP contribution in [0.1, 0.15) is 30.4 Å². The van der Waals surface area contributed by atoms with Crippen LogP contribution < -0.4 is 5.73 Å². The fraction of sp³-hybridized carbons (Fsp3) is 0.588. The molecule has 1 amide bonds. The first-order valence-corrected chi connectivity index (χ1v) is 10.1. The van der Waals surface area contributed by atoms with E-state index in [1.54, 1.807) is 11.0 Å². The number of nitrogens with two attached hydrogens (primary N) is 1. The number of aryl methyl sites for hydroxylation is 2. The number of carbonyl (C=O) groups is 1. The fourth-order valence-corrected chi connectivity index (χ4v) is 4.92. The van der Waals surface area contributed by atoms with Crippen LogP contribution in [0.4, 0.5) is 0 Å². The van der Waals surface area contributed by atoms with E-state index in [4.69, 9.17) is 5.73 Å². The number of benzene rings is 1. The zero-order chi connectivity index (χ0) is 17.2. The number of hydrogen-bond donors (Lipinski definition) is 1. The largest absolute Gasteiger partial charge is 0.340 e. The first-order chi connectivity index (χ1) is 11.5. The Hall–Kier alpha value is -1.15. The molecule has 0 aromatic heterocycles. The second-order valence-electron chi connectivity index (χ2n) is 6.46. The summed E-state index contributed by atoms with van der Waals surface area (Å²) in [4.78, 5) is 14.1. The Bertz CT molecular complexity index is 716. The average Bonchev–Trinajstić information content (AvgIpc) is 3.07. The van der Waals surface area contributed by atoms with Crippen molar-refractivity contribution in [2.75, 3.05) is 32.7 Å². The summed E-state index contributed by atoms with van der Waals surface area (Å²) in [6.07, 6.45) is 4.21. The van der Waals surface area contributed by atoms with Gasteiger partial charge in [0.2, 0.25) is 15.9 Å². The normalized spacial score (nSPS) is 17.9. The summed E-state index contributed by atoms with van der Waals surface area (Å²) in [5.74, 6) is 0.0648. The number of amides is 1. The van der Waals surface area contributed by atoms with Crippen molar-refractivity contribution in [3.63, 3.8) is 0 Å². The summed E-state index contributed by atoms with van der Waals surface area (Å²) in [6.45, 7) is 2.11. The van der Waals surface area contributed by atoms with Gasteiger partial charge < -0.3 is 10.6 Å². The highest BCUT2D eigenvalue weighted by Crippen LogP contribution is 2.26. The third-order valence-electron chi connectivity index (χ3n) is 4.89. The van der Waals surface area contributed by atoms with E-state index < -0.39 is 10.0 Å². The molecule has 1 aliphatic carbocycles. The Kier molecular flexibility index (Phi) is 6.85. The summed E-state index contributed by atoms with van der Waals surface area (Å²) in [5.41, 5.74) is 7.86. The van der Waals surface area contributed by atoms with E-state index in [-0.39, 0.29) is 18.3 Å². The number of halogens is 1. The lowest BCUT2D eigenvalue weighted by Gasteiger charge is -2.34. The lowest BCUT2D eigenvalue weighted by molar-refractivity contribution is -0.132. The molecule has 3 rings (SSSR count). The second-order valence-corrected chi connectivity index (χ2v) is 8.40. The highest BCUT2D eigenvalue weighted by molar-refractivity contribution is 7.89. The van der Waals surface area contributed by atoms with Gasteiger partial charge in [-0.3, -0.25) is 4.79 Å². The van der Waals surface area contributed by atoms with Crippen molar-refractivity contribution < 1.29 is 13.2 Å². The minimum absolute atomic E-state index is 0.